The van der Waals surface area contributed by atoms with Crippen LogP contribution in [0.2, 0.25) is 0 Å². The number of anilines is 1. The zero-order valence-corrected chi connectivity index (χ0v) is 16.7. The van der Waals surface area contributed by atoms with Gasteiger partial charge in [-0.25, -0.2) is 0 Å². The molecule has 148 valence electrons. The summed E-state index contributed by atoms with van der Waals surface area (Å²) in [5.41, 5.74) is 4.53. The maximum atomic E-state index is 12.2. The lowest BCUT2D eigenvalue weighted by atomic mass is 9.92. The van der Waals surface area contributed by atoms with Crippen LogP contribution in [0.4, 0.5) is 5.69 Å². The van der Waals surface area contributed by atoms with Crippen molar-refractivity contribution in [2.45, 2.75) is 44.3 Å². The van der Waals surface area contributed by atoms with E-state index in [1.165, 1.54) is 17.5 Å². The number of fused-ring (bicyclic) bond motifs is 1. The minimum Gasteiger partial charge on any atom is -0.494 e. The number of hydrogen-bond donors (Lipinski definition) is 2. The second-order valence-electron chi connectivity index (χ2n) is 7.69. The lowest BCUT2D eigenvalue weighted by molar-refractivity contribution is -0.118. The van der Waals surface area contributed by atoms with Gasteiger partial charge >= 0.3 is 0 Å². The molecule has 28 heavy (non-hydrogen) atoms. The summed E-state index contributed by atoms with van der Waals surface area (Å²) in [6.45, 7) is 1.76. The van der Waals surface area contributed by atoms with Crippen molar-refractivity contribution in [3.05, 3.63) is 59.2 Å². The van der Waals surface area contributed by atoms with Crippen molar-refractivity contribution in [3.63, 3.8) is 0 Å². The lowest BCUT2D eigenvalue weighted by Crippen LogP contribution is -2.45. The Hall–Kier alpha value is -2.37. The van der Waals surface area contributed by atoms with Crippen LogP contribution in [0.25, 0.3) is 0 Å². The molecule has 2 N–H and O–H groups in total. The molecular weight excluding hydrogens is 350 g/mol. The summed E-state index contributed by atoms with van der Waals surface area (Å²) in [4.78, 5) is 13.9. The molecule has 5 heteroatoms. The van der Waals surface area contributed by atoms with Crippen LogP contribution in [0.15, 0.2) is 42.5 Å². The second kappa shape index (κ2) is 8.33. The highest BCUT2D eigenvalue weighted by molar-refractivity contribution is 5.98. The number of piperidine rings is 1. The Morgan fingerprint density at radius 1 is 1.18 bits per heavy atom. The number of amides is 1. The number of carbonyl (C=O) groups is 1. The number of benzene rings is 2. The van der Waals surface area contributed by atoms with Gasteiger partial charge in [-0.3, -0.25) is 4.79 Å². The molecule has 1 saturated heterocycles. The molecule has 2 aliphatic rings. The standard InChI is InChI=1S/C23H29N3O2/c1-26-20(27)13-12-17-10-11-18(23(28-2)22(17)26)15-25-19-9-6-14-24-21(19)16-7-4-3-5-8-16/h3-5,7-8,10-11,19,21,24-25H,6,9,12-15H2,1-2H3/t19-,21-/m0/s1. The van der Waals surface area contributed by atoms with Crippen molar-refractivity contribution in [3.8, 4) is 5.75 Å². The largest absolute Gasteiger partial charge is 0.494 e. The number of rotatable bonds is 5. The van der Waals surface area contributed by atoms with Gasteiger partial charge in [0.15, 0.2) is 0 Å². The van der Waals surface area contributed by atoms with Crippen molar-refractivity contribution in [1.29, 1.82) is 0 Å². The van der Waals surface area contributed by atoms with Gasteiger partial charge in [0.25, 0.3) is 0 Å². The number of nitrogens with zero attached hydrogens (tertiary/aromatic N) is 1. The summed E-state index contributed by atoms with van der Waals surface area (Å²) < 4.78 is 5.76. The fourth-order valence-electron chi connectivity index (χ4n) is 4.48. The van der Waals surface area contributed by atoms with Gasteiger partial charge < -0.3 is 20.3 Å². The van der Waals surface area contributed by atoms with E-state index in [9.17, 15) is 4.79 Å². The normalized spacial score (nSPS) is 22.1. The fourth-order valence-corrected chi connectivity index (χ4v) is 4.48. The van der Waals surface area contributed by atoms with E-state index in [1.54, 1.807) is 12.0 Å². The van der Waals surface area contributed by atoms with Crippen LogP contribution >= 0.6 is 0 Å². The number of hydrogen-bond acceptors (Lipinski definition) is 4. The van der Waals surface area contributed by atoms with Crippen LogP contribution in [-0.4, -0.2) is 32.7 Å². The minimum absolute atomic E-state index is 0.150. The van der Waals surface area contributed by atoms with Gasteiger partial charge in [-0.1, -0.05) is 42.5 Å². The Morgan fingerprint density at radius 3 is 2.79 bits per heavy atom. The van der Waals surface area contributed by atoms with Crippen LogP contribution in [0.5, 0.6) is 5.75 Å². The monoisotopic (exact) mass is 379 g/mol. The summed E-state index contributed by atoms with van der Waals surface area (Å²) in [6, 6.07) is 15.6. The third-order valence-electron chi connectivity index (χ3n) is 5.99. The molecule has 2 heterocycles. The minimum atomic E-state index is 0.150. The van der Waals surface area contributed by atoms with Crippen molar-refractivity contribution in [1.82, 2.24) is 10.6 Å². The van der Waals surface area contributed by atoms with Gasteiger partial charge in [0.1, 0.15) is 5.75 Å². The molecule has 2 atom stereocenters. The first-order chi connectivity index (χ1) is 13.7. The quantitative estimate of drug-likeness (QED) is 0.838. The van der Waals surface area contributed by atoms with E-state index in [0.717, 1.165) is 36.4 Å². The molecule has 1 amide bonds. The average molecular weight is 380 g/mol. The van der Waals surface area contributed by atoms with Crippen LogP contribution < -0.4 is 20.3 Å². The van der Waals surface area contributed by atoms with Crippen LogP contribution in [0.1, 0.15) is 42.0 Å². The summed E-state index contributed by atoms with van der Waals surface area (Å²) >= 11 is 0. The van der Waals surface area contributed by atoms with Gasteiger partial charge in [-0.05, 0) is 36.9 Å². The first kappa shape index (κ1) is 19.0. The molecular formula is C23H29N3O2. The van der Waals surface area contributed by atoms with E-state index in [2.05, 4.69) is 53.1 Å². The Balaban J connectivity index is 1.55. The van der Waals surface area contributed by atoms with E-state index in [4.69, 9.17) is 4.74 Å². The van der Waals surface area contributed by atoms with E-state index < -0.39 is 0 Å². The molecule has 2 aliphatic heterocycles. The van der Waals surface area contributed by atoms with Crippen molar-refractivity contribution >= 4 is 11.6 Å². The Kier molecular flexibility index (Phi) is 5.64. The smallest absolute Gasteiger partial charge is 0.227 e. The first-order valence-electron chi connectivity index (χ1n) is 10.2. The summed E-state index contributed by atoms with van der Waals surface area (Å²) in [7, 11) is 3.54. The molecule has 0 radical (unpaired) electrons. The maximum Gasteiger partial charge on any atom is 0.227 e. The maximum absolute atomic E-state index is 12.2. The van der Waals surface area contributed by atoms with E-state index in [-0.39, 0.29) is 5.91 Å². The molecule has 0 saturated carbocycles. The molecule has 1 fully saturated rings. The van der Waals surface area contributed by atoms with Crippen molar-refractivity contribution in [2.24, 2.45) is 0 Å². The summed E-state index contributed by atoms with van der Waals surface area (Å²) in [6.07, 6.45) is 3.65. The van der Waals surface area contributed by atoms with Gasteiger partial charge in [-0.15, -0.1) is 0 Å². The summed E-state index contributed by atoms with van der Waals surface area (Å²) in [5, 5.41) is 7.41. The second-order valence-corrected chi connectivity index (χ2v) is 7.69. The van der Waals surface area contributed by atoms with Crippen LogP contribution in [0.3, 0.4) is 0 Å². The Morgan fingerprint density at radius 2 is 2.00 bits per heavy atom. The number of methoxy groups -OCH3 is 1. The molecule has 0 bridgehead atoms. The lowest BCUT2D eigenvalue weighted by Gasteiger charge is -2.34. The van der Waals surface area contributed by atoms with Gasteiger partial charge in [0, 0.05) is 37.7 Å². The van der Waals surface area contributed by atoms with Crippen LogP contribution in [0, 0.1) is 0 Å². The highest BCUT2D eigenvalue weighted by Crippen LogP contribution is 2.39. The van der Waals surface area contributed by atoms with Crippen molar-refractivity contribution in [2.75, 3.05) is 25.6 Å². The Labute approximate surface area is 167 Å². The highest BCUT2D eigenvalue weighted by Gasteiger charge is 2.28. The molecule has 0 aromatic heterocycles. The third-order valence-corrected chi connectivity index (χ3v) is 5.99. The van der Waals surface area contributed by atoms with Crippen LogP contribution in [-0.2, 0) is 17.8 Å². The Bertz CT molecular complexity index is 837. The predicted molar refractivity (Wildman–Crippen MR) is 112 cm³/mol. The summed E-state index contributed by atoms with van der Waals surface area (Å²) in [5.74, 6) is 0.970. The number of ether oxygens (including phenoxy) is 1. The number of aryl methyl sites for hydroxylation is 1. The van der Waals surface area contributed by atoms with Gasteiger partial charge in [0.05, 0.1) is 12.8 Å². The molecule has 0 aliphatic carbocycles. The molecule has 0 spiro atoms. The van der Waals surface area contributed by atoms with Gasteiger partial charge in [-0.2, -0.15) is 0 Å². The molecule has 4 rings (SSSR count). The zero-order valence-electron chi connectivity index (χ0n) is 16.7. The molecule has 0 unspecified atom stereocenters. The molecule has 2 aromatic carbocycles. The van der Waals surface area contributed by atoms with Crippen molar-refractivity contribution < 1.29 is 9.53 Å². The zero-order chi connectivity index (χ0) is 19.5. The predicted octanol–water partition coefficient (Wildman–Crippen LogP) is 3.19. The van der Waals surface area contributed by atoms with E-state index in [0.29, 0.717) is 25.0 Å². The third kappa shape index (κ3) is 3.64. The first-order valence-corrected chi connectivity index (χ1v) is 10.2. The van der Waals surface area contributed by atoms with Gasteiger partial charge in [0.2, 0.25) is 5.91 Å². The topological polar surface area (TPSA) is 53.6 Å². The SMILES string of the molecule is COc1c(CN[C@H]2CCCN[C@H]2c2ccccc2)ccc2c1N(C)C(=O)CC2. The molecule has 2 aromatic rings. The highest BCUT2D eigenvalue weighted by atomic mass is 16.5. The molecule has 5 nitrogen and oxygen atoms in total. The number of carbonyl (C=O) groups excluding carboxylic acids is 1. The number of nitrogens with one attached hydrogen (secondary N) is 2. The van der Waals surface area contributed by atoms with E-state index >= 15 is 0 Å². The fraction of sp³-hybridized carbons (Fsp3) is 0.435. The van der Waals surface area contributed by atoms with E-state index in [1.807, 2.05) is 7.05 Å². The average Bonchev–Trinajstić information content (AvgIpc) is 2.75.